The number of hydrogen-bond donors (Lipinski definition) is 2. The van der Waals surface area contributed by atoms with Gasteiger partial charge in [-0.15, -0.1) is 0 Å². The summed E-state index contributed by atoms with van der Waals surface area (Å²) >= 11 is 0. The smallest absolute Gasteiger partial charge is 0.325 e. The number of amides is 1. The molecule has 0 saturated heterocycles. The Kier molecular flexibility index (Phi) is 4.88. The summed E-state index contributed by atoms with van der Waals surface area (Å²) in [5.74, 6) is -1.33. The largest absolute Gasteiger partial charge is 0.480 e. The van der Waals surface area contributed by atoms with E-state index in [1.54, 1.807) is 12.1 Å². The molecule has 1 aromatic heterocycles. The van der Waals surface area contributed by atoms with E-state index < -0.39 is 5.97 Å². The van der Waals surface area contributed by atoms with Gasteiger partial charge in [0.15, 0.2) is 5.82 Å². The molecule has 1 unspecified atom stereocenters. The third kappa shape index (κ3) is 4.41. The van der Waals surface area contributed by atoms with Gasteiger partial charge in [-0.05, 0) is 23.6 Å². The quantitative estimate of drug-likeness (QED) is 0.857. The van der Waals surface area contributed by atoms with Crippen molar-refractivity contribution in [2.24, 2.45) is 0 Å². The summed E-state index contributed by atoms with van der Waals surface area (Å²) in [6.07, 6.45) is 1.70. The van der Waals surface area contributed by atoms with Crippen LogP contribution in [-0.4, -0.2) is 26.8 Å². The number of carbonyl (C=O) groups excluding carboxylic acids is 1. The minimum absolute atomic E-state index is 0.0679. The number of aliphatic carboxylic acids is 1. The number of carbonyl (C=O) groups is 2. The lowest BCUT2D eigenvalue weighted by molar-refractivity contribution is -0.137. The fraction of sp³-hybridized carbons (Fsp3) is 0.267. The van der Waals surface area contributed by atoms with Crippen LogP contribution in [0.5, 0.6) is 0 Å². The van der Waals surface area contributed by atoms with Crippen molar-refractivity contribution < 1.29 is 19.1 Å². The molecule has 1 aromatic carbocycles. The van der Waals surface area contributed by atoms with Crippen LogP contribution in [0.4, 0.5) is 10.2 Å². The van der Waals surface area contributed by atoms with Gasteiger partial charge in [-0.25, -0.2) is 4.39 Å². The Hall–Kier alpha value is -2.70. The van der Waals surface area contributed by atoms with Crippen molar-refractivity contribution in [3.8, 4) is 0 Å². The third-order valence-corrected chi connectivity index (χ3v) is 3.14. The Morgan fingerprint density at radius 1 is 1.32 bits per heavy atom. The van der Waals surface area contributed by atoms with Crippen molar-refractivity contribution in [1.29, 1.82) is 0 Å². The summed E-state index contributed by atoms with van der Waals surface area (Å²) in [6.45, 7) is 1.61. The highest BCUT2D eigenvalue weighted by Gasteiger charge is 2.13. The molecule has 0 spiro atoms. The van der Waals surface area contributed by atoms with Crippen LogP contribution in [0, 0.1) is 5.82 Å². The molecule has 1 heterocycles. The summed E-state index contributed by atoms with van der Waals surface area (Å²) in [5, 5.41) is 15.2. The van der Waals surface area contributed by atoms with Gasteiger partial charge in [0.2, 0.25) is 5.91 Å². The minimum atomic E-state index is -1.01. The minimum Gasteiger partial charge on any atom is -0.480 e. The SMILES string of the molecule is CC(CC(=O)Nc1ccn(CC(=O)O)n1)c1ccc(F)cc1. The molecule has 1 amide bonds. The second-order valence-corrected chi connectivity index (χ2v) is 5.00. The molecule has 116 valence electrons. The second-order valence-electron chi connectivity index (χ2n) is 5.00. The predicted molar refractivity (Wildman–Crippen MR) is 77.9 cm³/mol. The van der Waals surface area contributed by atoms with E-state index in [1.807, 2.05) is 6.92 Å². The van der Waals surface area contributed by atoms with Crippen LogP contribution in [-0.2, 0) is 16.1 Å². The third-order valence-electron chi connectivity index (χ3n) is 3.14. The summed E-state index contributed by atoms with van der Waals surface area (Å²) < 4.78 is 14.1. The number of aromatic nitrogens is 2. The van der Waals surface area contributed by atoms with E-state index in [9.17, 15) is 14.0 Å². The van der Waals surface area contributed by atoms with E-state index in [0.717, 1.165) is 5.56 Å². The molecule has 22 heavy (non-hydrogen) atoms. The van der Waals surface area contributed by atoms with E-state index in [1.165, 1.54) is 29.1 Å². The lowest BCUT2D eigenvalue weighted by atomic mass is 9.97. The molecule has 0 bridgehead atoms. The van der Waals surface area contributed by atoms with Crippen LogP contribution in [0.2, 0.25) is 0 Å². The van der Waals surface area contributed by atoms with E-state index in [2.05, 4.69) is 10.4 Å². The Bertz CT molecular complexity index is 667. The number of carboxylic acids is 1. The van der Waals surface area contributed by atoms with Gasteiger partial charge in [0.1, 0.15) is 12.4 Å². The summed E-state index contributed by atoms with van der Waals surface area (Å²) in [5.41, 5.74) is 0.868. The number of halogens is 1. The Balaban J connectivity index is 1.90. The highest BCUT2D eigenvalue weighted by molar-refractivity contribution is 5.90. The summed E-state index contributed by atoms with van der Waals surface area (Å²) in [6, 6.07) is 7.54. The monoisotopic (exact) mass is 305 g/mol. The molecule has 0 aliphatic heterocycles. The average Bonchev–Trinajstić information content (AvgIpc) is 2.85. The first-order valence-corrected chi connectivity index (χ1v) is 6.74. The number of nitrogens with zero attached hydrogens (tertiary/aromatic N) is 2. The van der Waals surface area contributed by atoms with Gasteiger partial charge in [0.05, 0.1) is 0 Å². The first-order valence-electron chi connectivity index (χ1n) is 6.74. The number of anilines is 1. The van der Waals surface area contributed by atoms with Gasteiger partial charge in [0, 0.05) is 18.7 Å². The maximum Gasteiger partial charge on any atom is 0.325 e. The number of hydrogen-bond acceptors (Lipinski definition) is 3. The molecule has 0 aliphatic rings. The van der Waals surface area contributed by atoms with Crippen molar-refractivity contribution in [2.75, 3.05) is 5.32 Å². The molecule has 7 heteroatoms. The Labute approximate surface area is 126 Å². The number of benzene rings is 1. The van der Waals surface area contributed by atoms with Crippen molar-refractivity contribution in [2.45, 2.75) is 25.8 Å². The molecule has 0 fully saturated rings. The van der Waals surface area contributed by atoms with Crippen LogP contribution in [0.3, 0.4) is 0 Å². The first kappa shape index (κ1) is 15.7. The standard InChI is InChI=1S/C15H16FN3O3/c1-10(11-2-4-12(16)5-3-11)8-14(20)17-13-6-7-19(18-13)9-15(21)22/h2-7,10H,8-9H2,1H3,(H,21,22)(H,17,18,20). The van der Waals surface area contributed by atoms with Crippen molar-refractivity contribution >= 4 is 17.7 Å². The Morgan fingerprint density at radius 2 is 2.00 bits per heavy atom. The highest BCUT2D eigenvalue weighted by atomic mass is 19.1. The van der Waals surface area contributed by atoms with Gasteiger partial charge < -0.3 is 10.4 Å². The van der Waals surface area contributed by atoms with Crippen molar-refractivity contribution in [3.63, 3.8) is 0 Å². The summed E-state index contributed by atoms with van der Waals surface area (Å²) in [4.78, 5) is 22.5. The zero-order valence-corrected chi connectivity index (χ0v) is 12.0. The van der Waals surface area contributed by atoms with Crippen LogP contribution in [0.15, 0.2) is 36.5 Å². The van der Waals surface area contributed by atoms with Gasteiger partial charge >= 0.3 is 5.97 Å². The van der Waals surface area contributed by atoms with E-state index >= 15 is 0 Å². The zero-order chi connectivity index (χ0) is 16.1. The van der Waals surface area contributed by atoms with Gasteiger partial charge in [0.25, 0.3) is 0 Å². The fourth-order valence-electron chi connectivity index (χ4n) is 2.04. The first-order chi connectivity index (χ1) is 10.4. The number of carboxylic acid groups (broad SMARTS) is 1. The molecule has 0 radical (unpaired) electrons. The van der Waals surface area contributed by atoms with Crippen LogP contribution in [0.1, 0.15) is 24.8 Å². The molecule has 1 atom stereocenters. The molecule has 2 aromatic rings. The summed E-state index contributed by atoms with van der Waals surface area (Å²) in [7, 11) is 0. The molecule has 2 rings (SSSR count). The Morgan fingerprint density at radius 3 is 2.64 bits per heavy atom. The lowest BCUT2D eigenvalue weighted by Crippen LogP contribution is -2.15. The van der Waals surface area contributed by atoms with Crippen molar-refractivity contribution in [3.05, 3.63) is 47.9 Å². The zero-order valence-electron chi connectivity index (χ0n) is 12.0. The van der Waals surface area contributed by atoms with Gasteiger partial charge in [-0.1, -0.05) is 19.1 Å². The van der Waals surface area contributed by atoms with Gasteiger partial charge in [-0.2, -0.15) is 5.10 Å². The van der Waals surface area contributed by atoms with Crippen LogP contribution >= 0.6 is 0 Å². The van der Waals surface area contributed by atoms with Crippen LogP contribution in [0.25, 0.3) is 0 Å². The predicted octanol–water partition coefficient (Wildman–Crippen LogP) is 2.24. The number of rotatable bonds is 6. The molecule has 6 nitrogen and oxygen atoms in total. The average molecular weight is 305 g/mol. The van der Waals surface area contributed by atoms with E-state index in [4.69, 9.17) is 5.11 Å². The normalized spacial score (nSPS) is 11.9. The van der Waals surface area contributed by atoms with E-state index in [0.29, 0.717) is 5.82 Å². The fourth-order valence-corrected chi connectivity index (χ4v) is 2.04. The maximum absolute atomic E-state index is 12.9. The van der Waals surface area contributed by atoms with E-state index in [-0.39, 0.29) is 30.6 Å². The molecule has 0 aliphatic carbocycles. The number of nitrogens with one attached hydrogen (secondary N) is 1. The molecular weight excluding hydrogens is 289 g/mol. The van der Waals surface area contributed by atoms with Crippen molar-refractivity contribution in [1.82, 2.24) is 9.78 Å². The molecule has 2 N–H and O–H groups in total. The van der Waals surface area contributed by atoms with Crippen LogP contribution < -0.4 is 5.32 Å². The van der Waals surface area contributed by atoms with Gasteiger partial charge in [-0.3, -0.25) is 14.3 Å². The maximum atomic E-state index is 12.9. The molecular formula is C15H16FN3O3. The molecule has 0 saturated carbocycles. The second kappa shape index (κ2) is 6.84. The lowest BCUT2D eigenvalue weighted by Gasteiger charge is -2.11. The highest BCUT2D eigenvalue weighted by Crippen LogP contribution is 2.19. The topological polar surface area (TPSA) is 84.2 Å².